The van der Waals surface area contributed by atoms with Gasteiger partial charge in [0.05, 0.1) is 0 Å². The van der Waals surface area contributed by atoms with Crippen molar-refractivity contribution in [3.63, 3.8) is 0 Å². The van der Waals surface area contributed by atoms with Crippen LogP contribution in [0, 0.1) is 0 Å². The second kappa shape index (κ2) is 8.76. The van der Waals surface area contributed by atoms with Gasteiger partial charge in [-0.1, -0.05) is 66.7 Å². The third-order valence-corrected chi connectivity index (χ3v) is 5.05. The molecule has 0 atom stereocenters. The van der Waals surface area contributed by atoms with E-state index in [2.05, 4.69) is 59.2 Å². The van der Waals surface area contributed by atoms with Gasteiger partial charge in [0, 0.05) is 19.0 Å². The molecule has 0 radical (unpaired) electrons. The van der Waals surface area contributed by atoms with E-state index < -0.39 is 0 Å². The second-order valence-electron chi connectivity index (χ2n) is 6.63. The summed E-state index contributed by atoms with van der Waals surface area (Å²) in [6.45, 7) is 1.64. The van der Waals surface area contributed by atoms with Crippen LogP contribution in [-0.2, 0) is 6.54 Å². The standard InChI is InChI=1S/C23H22N2O2S/c28-23(24-14-17-11-12-21-22(13-17)27-16-26-21)25-15-20(18-7-3-1-4-8-18)19-9-5-2-6-10-19/h1-13,20H,14-16H2,(H2,24,25,28). The van der Waals surface area contributed by atoms with Crippen LogP contribution in [-0.4, -0.2) is 18.5 Å². The average molecular weight is 391 g/mol. The van der Waals surface area contributed by atoms with Gasteiger partial charge in [-0.05, 0) is 41.0 Å². The highest BCUT2D eigenvalue weighted by Gasteiger charge is 2.15. The summed E-state index contributed by atoms with van der Waals surface area (Å²) in [4.78, 5) is 0. The molecule has 0 aromatic heterocycles. The Kier molecular flexibility index (Phi) is 5.73. The lowest BCUT2D eigenvalue weighted by molar-refractivity contribution is 0.174. The van der Waals surface area contributed by atoms with Crippen LogP contribution in [0.5, 0.6) is 11.5 Å². The first-order valence-electron chi connectivity index (χ1n) is 9.30. The van der Waals surface area contributed by atoms with Crippen LogP contribution in [0.15, 0.2) is 78.9 Å². The van der Waals surface area contributed by atoms with Gasteiger partial charge < -0.3 is 20.1 Å². The summed E-state index contributed by atoms with van der Waals surface area (Å²) >= 11 is 5.49. The predicted octanol–water partition coefficient (Wildman–Crippen LogP) is 4.21. The molecular weight excluding hydrogens is 368 g/mol. The fourth-order valence-corrected chi connectivity index (χ4v) is 3.44. The van der Waals surface area contributed by atoms with Crippen LogP contribution in [0.4, 0.5) is 0 Å². The zero-order valence-corrected chi connectivity index (χ0v) is 16.2. The van der Waals surface area contributed by atoms with E-state index in [1.54, 1.807) is 0 Å². The lowest BCUT2D eigenvalue weighted by Gasteiger charge is -2.20. The number of hydrogen-bond donors (Lipinski definition) is 2. The first-order valence-corrected chi connectivity index (χ1v) is 9.70. The molecular formula is C23H22N2O2S. The van der Waals surface area contributed by atoms with E-state index in [4.69, 9.17) is 21.7 Å². The number of benzene rings is 3. The SMILES string of the molecule is S=C(NCc1ccc2c(c1)OCO2)NCC(c1ccccc1)c1ccccc1. The summed E-state index contributed by atoms with van der Waals surface area (Å²) in [6, 6.07) is 26.9. The Morgan fingerprint density at radius 1 is 0.821 bits per heavy atom. The van der Waals surface area contributed by atoms with Crippen LogP contribution < -0.4 is 20.1 Å². The monoisotopic (exact) mass is 390 g/mol. The number of ether oxygens (including phenoxy) is 2. The molecule has 1 aliphatic rings. The number of rotatable bonds is 6. The molecule has 0 spiro atoms. The Labute approximate surface area is 170 Å². The van der Waals surface area contributed by atoms with Gasteiger partial charge in [0.15, 0.2) is 16.6 Å². The Bertz CT molecular complexity index is 892. The van der Waals surface area contributed by atoms with Crippen LogP contribution in [0.25, 0.3) is 0 Å². The average Bonchev–Trinajstić information content (AvgIpc) is 3.22. The molecule has 0 bridgehead atoms. The highest BCUT2D eigenvalue weighted by Crippen LogP contribution is 2.32. The number of nitrogens with one attached hydrogen (secondary N) is 2. The van der Waals surface area contributed by atoms with Gasteiger partial charge in [-0.15, -0.1) is 0 Å². The largest absolute Gasteiger partial charge is 0.454 e. The van der Waals surface area contributed by atoms with E-state index in [1.807, 2.05) is 30.3 Å². The molecule has 5 heteroatoms. The van der Waals surface area contributed by atoms with E-state index in [9.17, 15) is 0 Å². The maximum Gasteiger partial charge on any atom is 0.231 e. The van der Waals surface area contributed by atoms with Crippen molar-refractivity contribution in [2.24, 2.45) is 0 Å². The molecule has 4 rings (SSSR count). The van der Waals surface area contributed by atoms with E-state index in [0.29, 0.717) is 11.7 Å². The van der Waals surface area contributed by atoms with Crippen LogP contribution in [0.3, 0.4) is 0 Å². The van der Waals surface area contributed by atoms with E-state index in [0.717, 1.165) is 23.6 Å². The molecule has 0 amide bonds. The Morgan fingerprint density at radius 2 is 1.46 bits per heavy atom. The molecule has 0 saturated heterocycles. The third-order valence-electron chi connectivity index (χ3n) is 4.76. The topological polar surface area (TPSA) is 42.5 Å². The first kappa shape index (κ1) is 18.3. The van der Waals surface area contributed by atoms with Gasteiger partial charge in [0.1, 0.15) is 0 Å². The molecule has 0 aliphatic carbocycles. The molecule has 142 valence electrons. The van der Waals surface area contributed by atoms with E-state index in [-0.39, 0.29) is 12.7 Å². The quantitative estimate of drug-likeness (QED) is 0.617. The summed E-state index contributed by atoms with van der Waals surface area (Å²) in [6.07, 6.45) is 0. The zero-order valence-electron chi connectivity index (χ0n) is 15.4. The molecule has 2 N–H and O–H groups in total. The summed E-state index contributed by atoms with van der Waals surface area (Å²) in [7, 11) is 0. The zero-order chi connectivity index (χ0) is 19.2. The predicted molar refractivity (Wildman–Crippen MR) is 115 cm³/mol. The van der Waals surface area contributed by atoms with Crippen molar-refractivity contribution in [3.8, 4) is 11.5 Å². The van der Waals surface area contributed by atoms with Crippen LogP contribution >= 0.6 is 12.2 Å². The molecule has 0 fully saturated rings. The summed E-state index contributed by atoms with van der Waals surface area (Å²) in [5.41, 5.74) is 3.62. The number of fused-ring (bicyclic) bond motifs is 1. The van der Waals surface area contributed by atoms with Gasteiger partial charge in [0.25, 0.3) is 0 Å². The third kappa shape index (κ3) is 4.43. The minimum Gasteiger partial charge on any atom is -0.454 e. The normalized spacial score (nSPS) is 12.0. The van der Waals surface area contributed by atoms with Gasteiger partial charge in [-0.3, -0.25) is 0 Å². The van der Waals surface area contributed by atoms with Gasteiger partial charge in [-0.25, -0.2) is 0 Å². The fraction of sp³-hybridized carbons (Fsp3) is 0.174. The minimum absolute atomic E-state index is 0.229. The van der Waals surface area contributed by atoms with Crippen molar-refractivity contribution in [1.82, 2.24) is 10.6 Å². The second-order valence-corrected chi connectivity index (χ2v) is 7.03. The van der Waals surface area contributed by atoms with Gasteiger partial charge in [0.2, 0.25) is 6.79 Å². The van der Waals surface area contributed by atoms with Crippen molar-refractivity contribution >= 4 is 17.3 Å². The van der Waals surface area contributed by atoms with Crippen molar-refractivity contribution in [2.75, 3.05) is 13.3 Å². The van der Waals surface area contributed by atoms with Crippen molar-refractivity contribution in [1.29, 1.82) is 0 Å². The van der Waals surface area contributed by atoms with E-state index in [1.165, 1.54) is 11.1 Å². The molecule has 1 heterocycles. The van der Waals surface area contributed by atoms with E-state index >= 15 is 0 Å². The lowest BCUT2D eigenvalue weighted by atomic mass is 9.91. The molecule has 3 aromatic carbocycles. The Morgan fingerprint density at radius 3 is 2.14 bits per heavy atom. The maximum atomic E-state index is 5.49. The number of thiocarbonyl (C=S) groups is 1. The highest BCUT2D eigenvalue weighted by molar-refractivity contribution is 7.80. The molecule has 3 aromatic rings. The molecule has 28 heavy (non-hydrogen) atoms. The Hall–Kier alpha value is -3.05. The summed E-state index contributed by atoms with van der Waals surface area (Å²) in [5.74, 6) is 1.80. The molecule has 0 saturated carbocycles. The minimum atomic E-state index is 0.229. The van der Waals surface area contributed by atoms with Gasteiger partial charge in [-0.2, -0.15) is 0 Å². The number of hydrogen-bond acceptors (Lipinski definition) is 3. The van der Waals surface area contributed by atoms with Crippen molar-refractivity contribution < 1.29 is 9.47 Å². The van der Waals surface area contributed by atoms with Crippen LogP contribution in [0.2, 0.25) is 0 Å². The van der Waals surface area contributed by atoms with Crippen LogP contribution in [0.1, 0.15) is 22.6 Å². The fourth-order valence-electron chi connectivity index (χ4n) is 3.29. The Balaban J connectivity index is 1.36. The highest BCUT2D eigenvalue weighted by atomic mass is 32.1. The van der Waals surface area contributed by atoms with Crippen molar-refractivity contribution in [2.45, 2.75) is 12.5 Å². The maximum absolute atomic E-state index is 5.49. The van der Waals surface area contributed by atoms with Gasteiger partial charge >= 0.3 is 0 Å². The smallest absolute Gasteiger partial charge is 0.231 e. The lowest BCUT2D eigenvalue weighted by Crippen LogP contribution is -2.37. The molecule has 1 aliphatic heterocycles. The first-order chi connectivity index (χ1) is 13.8. The van der Waals surface area contributed by atoms with Crippen molar-refractivity contribution in [3.05, 3.63) is 95.6 Å². The molecule has 4 nitrogen and oxygen atoms in total. The summed E-state index contributed by atoms with van der Waals surface area (Å²) in [5, 5.41) is 7.27. The summed E-state index contributed by atoms with van der Waals surface area (Å²) < 4.78 is 10.8. The molecule has 0 unspecified atom stereocenters.